The van der Waals surface area contributed by atoms with Crippen LogP contribution in [0.4, 0.5) is 0 Å². The number of hydrogen-bond acceptors (Lipinski definition) is 6. The molecule has 11 heteroatoms. The summed E-state index contributed by atoms with van der Waals surface area (Å²) in [5.41, 5.74) is 3.71. The number of aryl methyl sites for hydroxylation is 3. The van der Waals surface area contributed by atoms with Crippen LogP contribution < -0.4 is 0 Å². The molecule has 0 fully saturated rings. The van der Waals surface area contributed by atoms with E-state index in [-0.39, 0.29) is 10.6 Å². The molecule has 3 aromatic rings. The molecule has 0 aliphatic rings. The van der Waals surface area contributed by atoms with Gasteiger partial charge in [0.05, 0.1) is 21.8 Å². The first-order valence-electron chi connectivity index (χ1n) is 15.1. The smallest absolute Gasteiger partial charge is 0.286 e. The molecule has 0 spiro atoms. The molecule has 2 N–H and O–H groups in total. The zero-order valence-corrected chi connectivity index (χ0v) is 31.8. The average Bonchev–Trinajstić information content (AvgIpc) is 2.98. The van der Waals surface area contributed by atoms with Gasteiger partial charge < -0.3 is 0 Å². The normalized spacial score (nSPS) is 10.2. The topological polar surface area (TPSA) is 143 Å². The molecule has 44 heavy (non-hydrogen) atoms. The van der Waals surface area contributed by atoms with Crippen molar-refractivity contribution in [2.24, 2.45) is 0 Å². The maximum atomic E-state index is 11.6. The highest BCUT2D eigenvalue weighted by molar-refractivity contribution is 7.91. The largest absolute Gasteiger partial charge is 0.294 e. The molecule has 256 valence electrons. The van der Waals surface area contributed by atoms with E-state index < -0.39 is 30.1 Å². The molecule has 0 saturated carbocycles. The summed E-state index contributed by atoms with van der Waals surface area (Å²) in [7, 11) is -10.9. The van der Waals surface area contributed by atoms with Crippen molar-refractivity contribution in [2.75, 3.05) is 12.0 Å². The van der Waals surface area contributed by atoms with Gasteiger partial charge in [0.1, 0.15) is 0 Å². The van der Waals surface area contributed by atoms with E-state index in [1.807, 2.05) is 106 Å². The van der Waals surface area contributed by atoms with Gasteiger partial charge in [-0.1, -0.05) is 105 Å². The Morgan fingerprint density at radius 1 is 0.636 bits per heavy atom. The van der Waals surface area contributed by atoms with E-state index in [9.17, 15) is 29.8 Å². The van der Waals surface area contributed by atoms with Gasteiger partial charge in [0.15, 0.2) is 9.84 Å². The maximum Gasteiger partial charge on any atom is 0.294 e. The highest BCUT2D eigenvalue weighted by Crippen LogP contribution is 2.28. The van der Waals surface area contributed by atoms with E-state index in [2.05, 4.69) is 6.92 Å². The third kappa shape index (κ3) is 19.9. The summed E-state index contributed by atoms with van der Waals surface area (Å²) in [6, 6.07) is 14.6. The molecule has 0 amide bonds. The van der Waals surface area contributed by atoms with Crippen LogP contribution >= 0.6 is 0 Å². The van der Waals surface area contributed by atoms with Crippen molar-refractivity contribution in [2.45, 2.75) is 113 Å². The van der Waals surface area contributed by atoms with Gasteiger partial charge in [0, 0.05) is 0 Å². The molecule has 8 nitrogen and oxygen atoms in total. The van der Waals surface area contributed by atoms with Crippen LogP contribution in [-0.2, 0) is 36.5 Å². The Labute approximate surface area is 269 Å². The van der Waals surface area contributed by atoms with Crippen LogP contribution in [0.1, 0.15) is 97.9 Å². The van der Waals surface area contributed by atoms with Crippen LogP contribution in [0.2, 0.25) is 0 Å². The fourth-order valence-electron chi connectivity index (χ4n) is 3.37. The Bertz CT molecular complexity index is 1500. The van der Waals surface area contributed by atoms with Crippen molar-refractivity contribution in [1.29, 1.82) is 0 Å². The fraction of sp³-hybridized carbons (Fsp3) is 0.515. The Hall–Kier alpha value is -2.31. The van der Waals surface area contributed by atoms with E-state index in [0.29, 0.717) is 23.1 Å². The lowest BCUT2D eigenvalue weighted by Gasteiger charge is -2.10. The van der Waals surface area contributed by atoms with Crippen LogP contribution in [0.3, 0.4) is 0 Å². The molecule has 0 heterocycles. The maximum absolute atomic E-state index is 11.6. The number of fused-ring (bicyclic) bond motifs is 1. The second kappa shape index (κ2) is 24.9. The SMILES string of the molecule is CC.CC.CC.CC.CCCS(=O)(=O)c1ccc(CC)cc1.CS(=O)(=O)O.Cc1ccc2c(C)c(C)c(S(=O)(=O)O)cc2c1. The fourth-order valence-corrected chi connectivity index (χ4v) is 5.51. The van der Waals surface area contributed by atoms with Crippen molar-refractivity contribution in [3.8, 4) is 0 Å². The Morgan fingerprint density at radius 3 is 1.43 bits per heavy atom. The third-order valence-corrected chi connectivity index (χ3v) is 8.19. The van der Waals surface area contributed by atoms with E-state index in [1.165, 1.54) is 11.6 Å². The summed E-state index contributed by atoms with van der Waals surface area (Å²) in [6.45, 7) is 25.4. The van der Waals surface area contributed by atoms with E-state index >= 15 is 0 Å². The molecule has 0 aliphatic carbocycles. The van der Waals surface area contributed by atoms with Gasteiger partial charge in [0.2, 0.25) is 0 Å². The molecule has 3 rings (SSSR count). The average molecular weight is 679 g/mol. The summed E-state index contributed by atoms with van der Waals surface area (Å²) in [6.07, 6.45) is 2.32. The third-order valence-electron chi connectivity index (χ3n) is 5.27. The summed E-state index contributed by atoms with van der Waals surface area (Å²) >= 11 is 0. The Morgan fingerprint density at radius 2 is 1.07 bits per heavy atom. The summed E-state index contributed by atoms with van der Waals surface area (Å²) in [4.78, 5) is 0.435. The Kier molecular flexibility index (Phi) is 27.5. The van der Waals surface area contributed by atoms with Crippen LogP contribution in [0.5, 0.6) is 0 Å². The second-order valence-electron chi connectivity index (χ2n) is 8.37. The van der Waals surface area contributed by atoms with Crippen molar-refractivity contribution in [1.82, 2.24) is 0 Å². The molecule has 0 saturated heterocycles. The minimum absolute atomic E-state index is 0.00639. The molecule has 0 bridgehead atoms. The van der Waals surface area contributed by atoms with Crippen LogP contribution in [0.25, 0.3) is 10.8 Å². The lowest BCUT2D eigenvalue weighted by molar-refractivity contribution is 0.482. The number of hydrogen-bond donors (Lipinski definition) is 2. The number of rotatable bonds is 5. The van der Waals surface area contributed by atoms with E-state index in [4.69, 9.17) is 4.55 Å². The zero-order chi connectivity index (χ0) is 35.9. The molecular weight excluding hydrogens is 621 g/mol. The zero-order valence-electron chi connectivity index (χ0n) is 29.3. The molecule has 0 aliphatic heterocycles. The van der Waals surface area contributed by atoms with Crippen molar-refractivity contribution >= 4 is 40.8 Å². The predicted molar refractivity (Wildman–Crippen MR) is 189 cm³/mol. The van der Waals surface area contributed by atoms with Crippen LogP contribution in [-0.4, -0.2) is 46.4 Å². The van der Waals surface area contributed by atoms with Crippen molar-refractivity contribution < 1.29 is 34.4 Å². The summed E-state index contributed by atoms with van der Waals surface area (Å²) in [5.74, 6) is 0.235. The molecule has 0 radical (unpaired) electrons. The molecule has 0 aromatic heterocycles. The standard InChI is InChI=1S/C13H14O3S.C11H16O2S.4C2H6.CH4O3S/c1-8-4-5-12-9(2)10(3)13(17(14,15)16)7-11(12)6-8;1-3-9-14(12,13)11-7-5-10(4-2)6-8-11;4*1-2;1-5(2,3)4/h4-7H,1-3H3,(H,14,15,16);5-8H,3-4,9H2,1-2H3;4*1-2H3;1H3,(H,2,3,4). The molecular formula is C33H58O8S3. The highest BCUT2D eigenvalue weighted by Gasteiger charge is 2.16. The molecule has 3 aromatic carbocycles. The van der Waals surface area contributed by atoms with Gasteiger partial charge in [-0.05, 0) is 79.3 Å². The van der Waals surface area contributed by atoms with Gasteiger partial charge in [-0.2, -0.15) is 16.8 Å². The molecule has 0 atom stereocenters. The summed E-state index contributed by atoms with van der Waals surface area (Å²) in [5, 5.41) is 1.85. The lowest BCUT2D eigenvalue weighted by atomic mass is 9.99. The number of benzene rings is 3. The van der Waals surface area contributed by atoms with Crippen LogP contribution in [0.15, 0.2) is 58.3 Å². The first-order chi connectivity index (χ1) is 20.4. The van der Waals surface area contributed by atoms with Crippen molar-refractivity contribution in [3.05, 3.63) is 70.8 Å². The minimum Gasteiger partial charge on any atom is -0.286 e. The first-order valence-corrected chi connectivity index (χ1v) is 20.1. The van der Waals surface area contributed by atoms with Crippen molar-refractivity contribution in [3.63, 3.8) is 0 Å². The van der Waals surface area contributed by atoms with E-state index in [0.717, 1.165) is 28.3 Å². The lowest BCUT2D eigenvalue weighted by Crippen LogP contribution is -2.05. The predicted octanol–water partition coefficient (Wildman–Crippen LogP) is 9.05. The monoisotopic (exact) mass is 678 g/mol. The van der Waals surface area contributed by atoms with Gasteiger partial charge in [-0.3, -0.25) is 9.11 Å². The Balaban J connectivity index is -0.000000266. The second-order valence-corrected chi connectivity index (χ2v) is 13.3. The van der Waals surface area contributed by atoms with Gasteiger partial charge >= 0.3 is 0 Å². The number of sulfone groups is 1. The quantitative estimate of drug-likeness (QED) is 0.255. The molecule has 0 unspecified atom stereocenters. The minimum atomic E-state index is -4.16. The highest BCUT2D eigenvalue weighted by atomic mass is 32.2. The van der Waals surface area contributed by atoms with Gasteiger partial charge in [-0.15, -0.1) is 0 Å². The van der Waals surface area contributed by atoms with E-state index in [1.54, 1.807) is 19.1 Å². The van der Waals surface area contributed by atoms with Crippen LogP contribution in [0, 0.1) is 20.8 Å². The van der Waals surface area contributed by atoms with Gasteiger partial charge in [-0.25, -0.2) is 8.42 Å². The van der Waals surface area contributed by atoms with Gasteiger partial charge in [0.25, 0.3) is 20.2 Å². The summed E-state index contributed by atoms with van der Waals surface area (Å²) < 4.78 is 80.9. The first kappa shape index (κ1) is 48.6.